The van der Waals surface area contributed by atoms with Crippen molar-refractivity contribution in [3.8, 4) is 0 Å². The zero-order chi connectivity index (χ0) is 15.4. The number of nitrogens with one attached hydrogen (secondary N) is 2. The second-order valence-corrected chi connectivity index (χ2v) is 6.91. The molecule has 0 bridgehead atoms. The van der Waals surface area contributed by atoms with Gasteiger partial charge in [0.1, 0.15) is 0 Å². The molecule has 1 heterocycles. The fraction of sp³-hybridized carbons (Fsp3) is 0.438. The van der Waals surface area contributed by atoms with Gasteiger partial charge in [0.05, 0.1) is 6.42 Å². The maximum Gasteiger partial charge on any atom is 0.248 e. The second kappa shape index (κ2) is 7.02. The molecule has 2 aromatic rings. The van der Waals surface area contributed by atoms with E-state index in [1.165, 1.54) is 10.3 Å². The Hall–Kier alpha value is -1.43. The van der Waals surface area contributed by atoms with E-state index in [1.54, 1.807) is 16.8 Å². The number of hydrogen-bond donors (Lipinski definition) is 3. The zero-order valence-corrected chi connectivity index (χ0v) is 13.5. The molecule has 0 aliphatic rings. The average molecular weight is 306 g/mol. The van der Waals surface area contributed by atoms with Gasteiger partial charge in [0.25, 0.3) is 0 Å². The van der Waals surface area contributed by atoms with E-state index in [0.29, 0.717) is 12.0 Å². The van der Waals surface area contributed by atoms with Crippen molar-refractivity contribution in [3.63, 3.8) is 0 Å². The van der Waals surface area contributed by atoms with Crippen LogP contribution in [-0.2, 0) is 11.2 Å². The highest BCUT2D eigenvalue weighted by Crippen LogP contribution is 2.28. The summed E-state index contributed by atoms with van der Waals surface area (Å²) >= 11 is 1.60. The van der Waals surface area contributed by atoms with E-state index in [2.05, 4.69) is 44.3 Å². The average Bonchev–Trinajstić information content (AvgIpc) is 2.85. The molecular formula is C16H22N2O2S. The fourth-order valence-electron chi connectivity index (χ4n) is 2.19. The summed E-state index contributed by atoms with van der Waals surface area (Å²) in [5.74, 6) is 0.246. The van der Waals surface area contributed by atoms with Crippen molar-refractivity contribution in [2.24, 2.45) is 5.92 Å². The molecule has 21 heavy (non-hydrogen) atoms. The van der Waals surface area contributed by atoms with Crippen molar-refractivity contribution in [2.45, 2.75) is 33.2 Å². The third-order valence-corrected chi connectivity index (χ3v) is 4.48. The zero-order valence-electron chi connectivity index (χ0n) is 12.6. The number of carbonyl (C=O) groups is 1. The summed E-state index contributed by atoms with van der Waals surface area (Å²) < 4.78 is 1.17. The first-order valence-electron chi connectivity index (χ1n) is 7.18. The van der Waals surface area contributed by atoms with Gasteiger partial charge >= 0.3 is 0 Å². The summed E-state index contributed by atoms with van der Waals surface area (Å²) in [6.45, 7) is 7.55. The lowest BCUT2D eigenvalue weighted by molar-refractivity contribution is -0.128. The molecule has 1 atom stereocenters. The van der Waals surface area contributed by atoms with Crippen LogP contribution in [0.1, 0.15) is 37.3 Å². The third kappa shape index (κ3) is 4.27. The van der Waals surface area contributed by atoms with Crippen LogP contribution in [0, 0.1) is 5.92 Å². The molecule has 3 N–H and O–H groups in total. The van der Waals surface area contributed by atoms with Gasteiger partial charge in [0, 0.05) is 15.6 Å². The van der Waals surface area contributed by atoms with Gasteiger partial charge in [-0.25, -0.2) is 5.48 Å². The van der Waals surface area contributed by atoms with Crippen molar-refractivity contribution in [1.29, 1.82) is 0 Å². The number of hydrogen-bond acceptors (Lipinski definition) is 4. The number of rotatable bonds is 6. The number of benzene rings is 1. The Kier molecular flexibility index (Phi) is 5.33. The SMILES string of the molecule is CC(C)CNC(C)c1ccc2cc(CC(=O)NO)sc2c1. The van der Waals surface area contributed by atoms with Gasteiger partial charge in [0.2, 0.25) is 5.91 Å². The normalized spacial score (nSPS) is 12.8. The molecule has 1 unspecified atom stereocenters. The predicted molar refractivity (Wildman–Crippen MR) is 86.7 cm³/mol. The van der Waals surface area contributed by atoms with Crippen molar-refractivity contribution in [2.75, 3.05) is 6.54 Å². The van der Waals surface area contributed by atoms with Gasteiger partial charge in [-0.1, -0.05) is 26.0 Å². The number of carbonyl (C=O) groups excluding carboxylic acids is 1. The van der Waals surface area contributed by atoms with Crippen LogP contribution in [0.15, 0.2) is 24.3 Å². The van der Waals surface area contributed by atoms with Crippen LogP contribution in [0.2, 0.25) is 0 Å². The Labute approximate surface area is 129 Å². The second-order valence-electron chi connectivity index (χ2n) is 5.75. The lowest BCUT2D eigenvalue weighted by atomic mass is 10.1. The van der Waals surface area contributed by atoms with E-state index in [9.17, 15) is 4.79 Å². The molecule has 1 amide bonds. The van der Waals surface area contributed by atoms with Crippen LogP contribution in [0.3, 0.4) is 0 Å². The summed E-state index contributed by atoms with van der Waals surface area (Å²) in [6, 6.07) is 8.71. The first kappa shape index (κ1) is 15.9. The summed E-state index contributed by atoms with van der Waals surface area (Å²) in [7, 11) is 0. The highest BCUT2D eigenvalue weighted by Gasteiger charge is 2.10. The lowest BCUT2D eigenvalue weighted by Crippen LogP contribution is -2.23. The van der Waals surface area contributed by atoms with Gasteiger partial charge < -0.3 is 5.32 Å². The Morgan fingerprint density at radius 1 is 1.29 bits per heavy atom. The van der Waals surface area contributed by atoms with Crippen molar-refractivity contribution in [1.82, 2.24) is 10.8 Å². The first-order chi connectivity index (χ1) is 9.99. The van der Waals surface area contributed by atoms with Gasteiger partial charge in [0.15, 0.2) is 0 Å². The largest absolute Gasteiger partial charge is 0.310 e. The molecule has 1 aromatic carbocycles. The minimum atomic E-state index is -0.381. The van der Waals surface area contributed by atoms with Crippen LogP contribution < -0.4 is 10.8 Å². The third-order valence-electron chi connectivity index (χ3n) is 3.39. The minimum absolute atomic E-state index is 0.215. The molecule has 0 aliphatic carbocycles. The van der Waals surface area contributed by atoms with Crippen molar-refractivity contribution >= 4 is 27.3 Å². The van der Waals surface area contributed by atoms with Crippen molar-refractivity contribution < 1.29 is 10.0 Å². The molecule has 5 heteroatoms. The van der Waals surface area contributed by atoms with Gasteiger partial charge in [-0.05, 0) is 42.5 Å². The molecular weight excluding hydrogens is 284 g/mol. The predicted octanol–water partition coefficient (Wildman–Crippen LogP) is 3.26. The Morgan fingerprint density at radius 2 is 2.05 bits per heavy atom. The molecule has 1 aromatic heterocycles. The maximum absolute atomic E-state index is 11.2. The monoisotopic (exact) mass is 306 g/mol. The van der Waals surface area contributed by atoms with E-state index in [4.69, 9.17) is 5.21 Å². The molecule has 114 valence electrons. The number of fused-ring (bicyclic) bond motifs is 1. The van der Waals surface area contributed by atoms with Crippen LogP contribution in [-0.4, -0.2) is 17.7 Å². The van der Waals surface area contributed by atoms with E-state index in [-0.39, 0.29) is 12.3 Å². The molecule has 0 fully saturated rings. The highest BCUT2D eigenvalue weighted by atomic mass is 32.1. The maximum atomic E-state index is 11.2. The molecule has 4 nitrogen and oxygen atoms in total. The molecule has 0 spiro atoms. The molecule has 0 aliphatic heterocycles. The summed E-state index contributed by atoms with van der Waals surface area (Å²) in [6.07, 6.45) is 0.215. The molecule has 2 rings (SSSR count). The summed E-state index contributed by atoms with van der Waals surface area (Å²) in [4.78, 5) is 12.2. The van der Waals surface area contributed by atoms with E-state index < -0.39 is 0 Å². The van der Waals surface area contributed by atoms with E-state index >= 15 is 0 Å². The standard InChI is InChI=1S/C16H22N2O2S/c1-10(2)9-17-11(3)12-4-5-13-6-14(8-16(19)18-20)21-15(13)7-12/h4-7,10-11,17,20H,8-9H2,1-3H3,(H,18,19). The highest BCUT2D eigenvalue weighted by molar-refractivity contribution is 7.19. The molecule has 0 radical (unpaired) electrons. The Bertz CT molecular complexity index is 622. The number of amides is 1. The van der Waals surface area contributed by atoms with Crippen molar-refractivity contribution in [3.05, 3.63) is 34.7 Å². The van der Waals surface area contributed by atoms with E-state index in [0.717, 1.165) is 16.8 Å². The van der Waals surface area contributed by atoms with Crippen LogP contribution in [0.25, 0.3) is 10.1 Å². The van der Waals surface area contributed by atoms with Crippen LogP contribution in [0.4, 0.5) is 0 Å². The molecule has 0 saturated heterocycles. The lowest BCUT2D eigenvalue weighted by Gasteiger charge is -2.16. The smallest absolute Gasteiger partial charge is 0.248 e. The van der Waals surface area contributed by atoms with Gasteiger partial charge in [-0.15, -0.1) is 11.3 Å². The summed E-state index contributed by atoms with van der Waals surface area (Å²) in [5.41, 5.74) is 2.93. The van der Waals surface area contributed by atoms with Crippen LogP contribution in [0.5, 0.6) is 0 Å². The minimum Gasteiger partial charge on any atom is -0.310 e. The fourth-order valence-corrected chi connectivity index (χ4v) is 3.30. The van der Waals surface area contributed by atoms with Crippen LogP contribution >= 0.6 is 11.3 Å². The van der Waals surface area contributed by atoms with E-state index in [1.807, 2.05) is 6.07 Å². The topological polar surface area (TPSA) is 61.4 Å². The summed E-state index contributed by atoms with van der Waals surface area (Å²) in [5, 5.41) is 13.2. The van der Waals surface area contributed by atoms with Gasteiger partial charge in [-0.2, -0.15) is 0 Å². The number of thiophene rings is 1. The Morgan fingerprint density at radius 3 is 2.71 bits per heavy atom. The van der Waals surface area contributed by atoms with Gasteiger partial charge in [-0.3, -0.25) is 10.0 Å². The quantitative estimate of drug-likeness (QED) is 0.567. The first-order valence-corrected chi connectivity index (χ1v) is 8.00. The molecule has 0 saturated carbocycles. The number of hydroxylamine groups is 1. The Balaban J connectivity index is 2.15.